The lowest BCUT2D eigenvalue weighted by Crippen LogP contribution is -2.21. The van der Waals surface area contributed by atoms with Crippen LogP contribution in [0.15, 0.2) is 0 Å². The topological polar surface area (TPSA) is 26.3 Å². The van der Waals surface area contributed by atoms with Gasteiger partial charge in [-0.05, 0) is 33.6 Å². The van der Waals surface area contributed by atoms with E-state index >= 15 is 0 Å². The molecule has 0 heterocycles. The third-order valence-corrected chi connectivity index (χ3v) is 2.57. The molecule has 0 amide bonds. The van der Waals surface area contributed by atoms with Crippen molar-refractivity contribution in [3.63, 3.8) is 0 Å². The van der Waals surface area contributed by atoms with Crippen molar-refractivity contribution in [2.75, 3.05) is 0 Å². The molecule has 0 aromatic heterocycles. The molecule has 0 fully saturated rings. The summed E-state index contributed by atoms with van der Waals surface area (Å²) in [5.41, 5.74) is -0.328. The standard InChI is InChI=1S/C7H15Br.C6H12O2/c1-3-5-7(8)6-4-2;1-5(7)8-6(2,3)4/h7H,3-6H2,1-2H3;1-4H3. The Balaban J connectivity index is 0. The van der Waals surface area contributed by atoms with E-state index in [1.165, 1.54) is 32.6 Å². The quantitative estimate of drug-likeness (QED) is 0.555. The van der Waals surface area contributed by atoms with Crippen LogP contribution in [-0.4, -0.2) is 16.4 Å². The molecule has 0 bridgehead atoms. The molecule has 0 aromatic rings. The molecule has 0 saturated heterocycles. The molecule has 0 aliphatic heterocycles. The van der Waals surface area contributed by atoms with Gasteiger partial charge in [0.1, 0.15) is 5.60 Å². The number of rotatable bonds is 4. The van der Waals surface area contributed by atoms with Crippen molar-refractivity contribution in [3.05, 3.63) is 0 Å². The summed E-state index contributed by atoms with van der Waals surface area (Å²) in [7, 11) is 0. The molecule has 0 rings (SSSR count). The maximum absolute atomic E-state index is 10.2. The second-order valence-corrected chi connectivity index (χ2v) is 6.18. The molecule has 2 nitrogen and oxygen atoms in total. The Bertz CT molecular complexity index is 167. The first-order valence-corrected chi connectivity index (χ1v) is 6.98. The lowest BCUT2D eigenvalue weighted by atomic mass is 10.2. The van der Waals surface area contributed by atoms with Crippen molar-refractivity contribution in [1.29, 1.82) is 0 Å². The highest BCUT2D eigenvalue weighted by Crippen LogP contribution is 2.13. The largest absolute Gasteiger partial charge is 0.460 e. The number of ether oxygens (including phenoxy) is 1. The predicted octanol–water partition coefficient (Wildman–Crippen LogP) is 4.70. The first kappa shape index (κ1) is 18.3. The highest BCUT2D eigenvalue weighted by molar-refractivity contribution is 9.09. The van der Waals surface area contributed by atoms with Gasteiger partial charge in [0, 0.05) is 11.8 Å². The minimum absolute atomic E-state index is 0.225. The van der Waals surface area contributed by atoms with Gasteiger partial charge in [0.2, 0.25) is 0 Å². The summed E-state index contributed by atoms with van der Waals surface area (Å²) < 4.78 is 4.80. The summed E-state index contributed by atoms with van der Waals surface area (Å²) >= 11 is 3.60. The Hall–Kier alpha value is -0.0500. The van der Waals surface area contributed by atoms with Crippen LogP contribution in [0.3, 0.4) is 0 Å². The third-order valence-electron chi connectivity index (χ3n) is 1.65. The van der Waals surface area contributed by atoms with Crippen LogP contribution in [-0.2, 0) is 9.53 Å². The Morgan fingerprint density at radius 2 is 1.56 bits per heavy atom. The molecule has 98 valence electrons. The molecule has 16 heavy (non-hydrogen) atoms. The van der Waals surface area contributed by atoms with Crippen LogP contribution < -0.4 is 0 Å². The van der Waals surface area contributed by atoms with Crippen LogP contribution in [0.1, 0.15) is 67.2 Å². The van der Waals surface area contributed by atoms with E-state index in [2.05, 4.69) is 29.8 Å². The Labute approximate surface area is 109 Å². The zero-order valence-electron chi connectivity index (χ0n) is 11.6. The Morgan fingerprint density at radius 3 is 1.69 bits per heavy atom. The molecular formula is C13H27BrO2. The van der Waals surface area contributed by atoms with E-state index in [-0.39, 0.29) is 11.6 Å². The smallest absolute Gasteiger partial charge is 0.303 e. The van der Waals surface area contributed by atoms with Crippen LogP contribution >= 0.6 is 15.9 Å². The van der Waals surface area contributed by atoms with Gasteiger partial charge < -0.3 is 4.74 Å². The maximum atomic E-state index is 10.2. The average molecular weight is 295 g/mol. The molecule has 0 N–H and O–H groups in total. The Morgan fingerprint density at radius 1 is 1.19 bits per heavy atom. The molecule has 3 heteroatoms. The summed E-state index contributed by atoms with van der Waals surface area (Å²) in [6.07, 6.45) is 5.26. The second-order valence-electron chi connectivity index (χ2n) is 4.88. The van der Waals surface area contributed by atoms with Crippen LogP contribution in [0.25, 0.3) is 0 Å². The number of alkyl halides is 1. The second kappa shape index (κ2) is 10.1. The monoisotopic (exact) mass is 294 g/mol. The van der Waals surface area contributed by atoms with E-state index in [0.29, 0.717) is 0 Å². The Kier molecular flexibility index (Phi) is 11.6. The number of halogens is 1. The van der Waals surface area contributed by atoms with E-state index in [1.807, 2.05) is 20.8 Å². The number of hydrogen-bond donors (Lipinski definition) is 0. The van der Waals surface area contributed by atoms with Gasteiger partial charge in [-0.3, -0.25) is 4.79 Å². The third kappa shape index (κ3) is 19.5. The summed E-state index contributed by atoms with van der Waals surface area (Å²) in [4.78, 5) is 11.0. The number of carbonyl (C=O) groups is 1. The maximum Gasteiger partial charge on any atom is 0.303 e. The SMILES string of the molecule is CC(=O)OC(C)(C)C.CCCC(Br)CCC. The zero-order valence-corrected chi connectivity index (χ0v) is 13.2. The highest BCUT2D eigenvalue weighted by Gasteiger charge is 2.11. The molecule has 0 unspecified atom stereocenters. The van der Waals surface area contributed by atoms with Crippen LogP contribution in [0.4, 0.5) is 0 Å². The van der Waals surface area contributed by atoms with Gasteiger partial charge in [-0.25, -0.2) is 0 Å². The van der Waals surface area contributed by atoms with Crippen molar-refractivity contribution in [2.24, 2.45) is 0 Å². The summed E-state index contributed by atoms with van der Waals surface area (Å²) in [5, 5.41) is 0. The molecular weight excluding hydrogens is 268 g/mol. The van der Waals surface area contributed by atoms with Crippen LogP contribution in [0, 0.1) is 0 Å². The van der Waals surface area contributed by atoms with Gasteiger partial charge in [0.05, 0.1) is 0 Å². The fraction of sp³-hybridized carbons (Fsp3) is 0.923. The molecule has 0 atom stereocenters. The average Bonchev–Trinajstić information content (AvgIpc) is 2.00. The van der Waals surface area contributed by atoms with Crippen molar-refractivity contribution in [1.82, 2.24) is 0 Å². The van der Waals surface area contributed by atoms with Gasteiger partial charge in [-0.1, -0.05) is 42.6 Å². The number of esters is 1. The fourth-order valence-electron chi connectivity index (χ4n) is 1.20. The molecule has 0 radical (unpaired) electrons. The minimum Gasteiger partial charge on any atom is -0.460 e. The summed E-state index contributed by atoms with van der Waals surface area (Å²) in [6, 6.07) is 0. The molecule has 0 aromatic carbocycles. The van der Waals surface area contributed by atoms with E-state index < -0.39 is 0 Å². The van der Waals surface area contributed by atoms with Crippen molar-refractivity contribution in [3.8, 4) is 0 Å². The molecule has 0 spiro atoms. The van der Waals surface area contributed by atoms with E-state index in [9.17, 15) is 4.79 Å². The van der Waals surface area contributed by atoms with Crippen LogP contribution in [0.5, 0.6) is 0 Å². The fourth-order valence-corrected chi connectivity index (χ4v) is 2.12. The van der Waals surface area contributed by atoms with E-state index in [1.54, 1.807) is 0 Å². The van der Waals surface area contributed by atoms with Gasteiger partial charge >= 0.3 is 5.97 Å². The highest BCUT2D eigenvalue weighted by atomic mass is 79.9. The minimum atomic E-state index is -0.328. The van der Waals surface area contributed by atoms with Gasteiger partial charge in [-0.15, -0.1) is 0 Å². The van der Waals surface area contributed by atoms with Crippen molar-refractivity contribution in [2.45, 2.75) is 77.7 Å². The first-order chi connectivity index (χ1) is 7.22. The van der Waals surface area contributed by atoms with Crippen molar-refractivity contribution < 1.29 is 9.53 Å². The predicted molar refractivity (Wildman–Crippen MR) is 74.1 cm³/mol. The lowest BCUT2D eigenvalue weighted by molar-refractivity contribution is -0.151. The van der Waals surface area contributed by atoms with Crippen molar-refractivity contribution >= 4 is 21.9 Å². The molecule has 0 saturated carbocycles. The number of carbonyl (C=O) groups excluding carboxylic acids is 1. The normalized spacial score (nSPS) is 10.8. The summed E-state index contributed by atoms with van der Waals surface area (Å²) in [6.45, 7) is 11.4. The lowest BCUT2D eigenvalue weighted by Gasteiger charge is -2.17. The molecule has 0 aliphatic rings. The summed E-state index contributed by atoms with van der Waals surface area (Å²) in [5.74, 6) is -0.225. The van der Waals surface area contributed by atoms with E-state index in [0.717, 1.165) is 4.83 Å². The van der Waals surface area contributed by atoms with Gasteiger partial charge in [0.25, 0.3) is 0 Å². The van der Waals surface area contributed by atoms with E-state index in [4.69, 9.17) is 4.74 Å². The molecule has 0 aliphatic carbocycles. The zero-order chi connectivity index (χ0) is 13.2. The van der Waals surface area contributed by atoms with Gasteiger partial charge in [0.15, 0.2) is 0 Å². The first-order valence-electron chi connectivity index (χ1n) is 6.06. The number of hydrogen-bond acceptors (Lipinski definition) is 2. The van der Waals surface area contributed by atoms with Crippen LogP contribution in [0.2, 0.25) is 0 Å². The van der Waals surface area contributed by atoms with Gasteiger partial charge in [-0.2, -0.15) is 0 Å².